The summed E-state index contributed by atoms with van der Waals surface area (Å²) in [4.78, 5) is 4.60. The fraction of sp³-hybridized carbons (Fsp3) is 0.308. The van der Waals surface area contributed by atoms with Gasteiger partial charge in [0.25, 0.3) is 0 Å². The lowest BCUT2D eigenvalue weighted by atomic mass is 10.2. The molecular weight excluding hydrogens is 250 g/mol. The van der Waals surface area contributed by atoms with Crippen LogP contribution < -0.4 is 0 Å². The molecule has 0 saturated heterocycles. The number of rotatable bonds is 6. The summed E-state index contributed by atoms with van der Waals surface area (Å²) in [5, 5.41) is 2.11. The maximum Gasteiger partial charge on any atom is 0.150 e. The van der Waals surface area contributed by atoms with Crippen molar-refractivity contribution in [3.05, 3.63) is 35.7 Å². The van der Waals surface area contributed by atoms with E-state index >= 15 is 0 Å². The number of benzene rings is 1. The first kappa shape index (κ1) is 12.6. The first-order valence-corrected chi connectivity index (χ1v) is 7.48. The van der Waals surface area contributed by atoms with Crippen LogP contribution in [-0.4, -0.2) is 24.0 Å². The van der Waals surface area contributed by atoms with Gasteiger partial charge >= 0.3 is 0 Å². The summed E-state index contributed by atoms with van der Waals surface area (Å²) in [5.74, 6) is 0.968. The van der Waals surface area contributed by atoms with E-state index in [1.165, 1.54) is 5.56 Å². The van der Waals surface area contributed by atoms with Crippen molar-refractivity contribution >= 4 is 23.1 Å². The Morgan fingerprint density at radius 3 is 2.88 bits per heavy atom. The predicted octanol–water partition coefficient (Wildman–Crippen LogP) is 3.94. The second kappa shape index (κ2) is 6.79. The van der Waals surface area contributed by atoms with Gasteiger partial charge in [0.2, 0.25) is 0 Å². The minimum Gasteiger partial charge on any atom is -0.381 e. The van der Waals surface area contributed by atoms with E-state index in [-0.39, 0.29) is 0 Å². The fourth-order valence-corrected chi connectivity index (χ4v) is 3.15. The fourth-order valence-electron chi connectivity index (χ4n) is 1.40. The van der Waals surface area contributed by atoms with E-state index in [1.54, 1.807) is 23.1 Å². The maximum absolute atomic E-state index is 5.30. The van der Waals surface area contributed by atoms with Gasteiger partial charge in [-0.1, -0.05) is 42.1 Å². The maximum atomic E-state index is 5.30. The Balaban J connectivity index is 1.92. The van der Waals surface area contributed by atoms with Crippen LogP contribution in [0, 0.1) is 0 Å². The van der Waals surface area contributed by atoms with Crippen molar-refractivity contribution in [2.75, 3.05) is 19.0 Å². The summed E-state index contributed by atoms with van der Waals surface area (Å²) in [5.41, 5.74) is 2.25. The lowest BCUT2D eigenvalue weighted by molar-refractivity contribution is 0.164. The largest absolute Gasteiger partial charge is 0.381 e. The highest BCUT2D eigenvalue weighted by molar-refractivity contribution is 8.01. The molecule has 2 aromatic rings. The number of thioether (sulfide) groups is 1. The number of hydrogen-bond acceptors (Lipinski definition) is 4. The molecule has 4 heteroatoms. The van der Waals surface area contributed by atoms with Crippen molar-refractivity contribution in [3.8, 4) is 11.3 Å². The number of hydrogen-bond donors (Lipinski definition) is 0. The topological polar surface area (TPSA) is 22.1 Å². The van der Waals surface area contributed by atoms with Gasteiger partial charge < -0.3 is 4.74 Å². The lowest BCUT2D eigenvalue weighted by Crippen LogP contribution is -1.95. The van der Waals surface area contributed by atoms with Gasteiger partial charge in [0, 0.05) is 23.3 Å². The standard InChI is InChI=1S/C13H15NOS2/c1-2-15-8-9-16-13-14-12(10-17-13)11-6-4-3-5-7-11/h3-7,10H,2,8-9H2,1H3. The van der Waals surface area contributed by atoms with Crippen LogP contribution in [0.2, 0.25) is 0 Å². The molecule has 0 amide bonds. The number of nitrogens with zero attached hydrogens (tertiary/aromatic N) is 1. The normalized spacial score (nSPS) is 10.6. The molecule has 0 aliphatic heterocycles. The molecule has 0 fully saturated rings. The molecule has 0 aliphatic rings. The zero-order valence-corrected chi connectivity index (χ0v) is 11.4. The molecule has 17 heavy (non-hydrogen) atoms. The lowest BCUT2D eigenvalue weighted by Gasteiger charge is -1.98. The first-order chi connectivity index (χ1) is 8.40. The third kappa shape index (κ3) is 3.84. The number of ether oxygens (including phenoxy) is 1. The van der Waals surface area contributed by atoms with Crippen LogP contribution in [0.3, 0.4) is 0 Å². The summed E-state index contributed by atoms with van der Waals surface area (Å²) in [6.45, 7) is 3.59. The van der Waals surface area contributed by atoms with E-state index in [0.29, 0.717) is 0 Å². The van der Waals surface area contributed by atoms with Gasteiger partial charge in [-0.2, -0.15) is 0 Å². The van der Waals surface area contributed by atoms with Gasteiger partial charge in [-0.3, -0.25) is 0 Å². The van der Waals surface area contributed by atoms with Crippen LogP contribution >= 0.6 is 23.1 Å². The van der Waals surface area contributed by atoms with E-state index in [1.807, 2.05) is 25.1 Å². The Kier molecular flexibility index (Phi) is 5.04. The summed E-state index contributed by atoms with van der Waals surface area (Å²) in [7, 11) is 0. The van der Waals surface area contributed by atoms with Crippen molar-refractivity contribution < 1.29 is 4.74 Å². The molecule has 2 nitrogen and oxygen atoms in total. The van der Waals surface area contributed by atoms with Crippen molar-refractivity contribution in [1.82, 2.24) is 4.98 Å². The Morgan fingerprint density at radius 1 is 1.29 bits per heavy atom. The molecule has 0 spiro atoms. The molecule has 0 unspecified atom stereocenters. The molecule has 0 atom stereocenters. The van der Waals surface area contributed by atoms with Gasteiger partial charge in [-0.05, 0) is 6.92 Å². The summed E-state index contributed by atoms with van der Waals surface area (Å²) >= 11 is 3.46. The summed E-state index contributed by atoms with van der Waals surface area (Å²) in [6.07, 6.45) is 0. The van der Waals surface area contributed by atoms with E-state index < -0.39 is 0 Å². The van der Waals surface area contributed by atoms with Crippen LogP contribution in [0.25, 0.3) is 11.3 Å². The highest BCUT2D eigenvalue weighted by Gasteiger charge is 2.04. The van der Waals surface area contributed by atoms with Crippen LogP contribution in [0.1, 0.15) is 6.92 Å². The van der Waals surface area contributed by atoms with Gasteiger partial charge in [-0.15, -0.1) is 11.3 Å². The molecule has 90 valence electrons. The van der Waals surface area contributed by atoms with Crippen LogP contribution in [-0.2, 0) is 4.74 Å². The third-order valence-electron chi connectivity index (χ3n) is 2.21. The minimum atomic E-state index is 0.785. The first-order valence-electron chi connectivity index (χ1n) is 5.61. The van der Waals surface area contributed by atoms with Crippen LogP contribution in [0.15, 0.2) is 40.1 Å². The summed E-state index contributed by atoms with van der Waals surface area (Å²) in [6, 6.07) is 10.3. The van der Waals surface area contributed by atoms with Crippen molar-refractivity contribution in [1.29, 1.82) is 0 Å². The Bertz CT molecular complexity index is 442. The molecule has 2 rings (SSSR count). The van der Waals surface area contributed by atoms with Gasteiger partial charge in [0.1, 0.15) is 0 Å². The van der Waals surface area contributed by atoms with Crippen molar-refractivity contribution in [2.24, 2.45) is 0 Å². The highest BCUT2D eigenvalue weighted by atomic mass is 32.2. The second-order valence-electron chi connectivity index (χ2n) is 3.41. The molecular formula is C13H15NOS2. The smallest absolute Gasteiger partial charge is 0.150 e. The zero-order chi connectivity index (χ0) is 11.9. The third-order valence-corrected chi connectivity index (χ3v) is 4.20. The molecule has 1 aromatic heterocycles. The Morgan fingerprint density at radius 2 is 2.12 bits per heavy atom. The summed E-state index contributed by atoms with van der Waals surface area (Å²) < 4.78 is 6.42. The molecule has 0 aliphatic carbocycles. The average molecular weight is 265 g/mol. The second-order valence-corrected chi connectivity index (χ2v) is 5.61. The SMILES string of the molecule is CCOCCSc1nc(-c2ccccc2)cs1. The number of aromatic nitrogens is 1. The molecule has 0 N–H and O–H groups in total. The van der Waals surface area contributed by atoms with Crippen LogP contribution in [0.5, 0.6) is 0 Å². The van der Waals surface area contributed by atoms with Gasteiger partial charge in [0.05, 0.1) is 12.3 Å². The van der Waals surface area contributed by atoms with E-state index in [2.05, 4.69) is 22.5 Å². The highest BCUT2D eigenvalue weighted by Crippen LogP contribution is 2.27. The molecule has 0 bridgehead atoms. The monoisotopic (exact) mass is 265 g/mol. The van der Waals surface area contributed by atoms with Gasteiger partial charge in [0.15, 0.2) is 4.34 Å². The Labute approximate surface area is 110 Å². The van der Waals surface area contributed by atoms with E-state index in [0.717, 1.165) is 29.0 Å². The predicted molar refractivity (Wildman–Crippen MR) is 74.8 cm³/mol. The van der Waals surface area contributed by atoms with Crippen molar-refractivity contribution in [3.63, 3.8) is 0 Å². The average Bonchev–Trinajstić information content (AvgIpc) is 2.85. The molecule has 1 heterocycles. The molecule has 0 saturated carbocycles. The quantitative estimate of drug-likeness (QED) is 0.583. The molecule has 0 radical (unpaired) electrons. The molecule has 1 aromatic carbocycles. The van der Waals surface area contributed by atoms with Gasteiger partial charge in [-0.25, -0.2) is 4.98 Å². The number of thiazole rings is 1. The van der Waals surface area contributed by atoms with E-state index in [4.69, 9.17) is 4.74 Å². The Hall–Kier alpha value is -0.840. The zero-order valence-electron chi connectivity index (χ0n) is 9.76. The van der Waals surface area contributed by atoms with E-state index in [9.17, 15) is 0 Å². The minimum absolute atomic E-state index is 0.785. The van der Waals surface area contributed by atoms with Crippen LogP contribution in [0.4, 0.5) is 0 Å². The van der Waals surface area contributed by atoms with Crippen molar-refractivity contribution in [2.45, 2.75) is 11.3 Å².